The van der Waals surface area contributed by atoms with E-state index in [9.17, 15) is 5.11 Å². The highest BCUT2D eigenvalue weighted by molar-refractivity contribution is 5.17. The lowest BCUT2D eigenvalue weighted by Crippen LogP contribution is -1.93. The molecule has 1 rings (SSSR count). The van der Waals surface area contributed by atoms with E-state index in [0.29, 0.717) is 6.42 Å². The summed E-state index contributed by atoms with van der Waals surface area (Å²) >= 11 is 0. The molecule has 0 aliphatic heterocycles. The van der Waals surface area contributed by atoms with Gasteiger partial charge < -0.3 is 5.11 Å². The number of rotatable bonds is 2. The van der Waals surface area contributed by atoms with Crippen LogP contribution in [0, 0.1) is 6.92 Å². The maximum absolute atomic E-state index is 9.27. The van der Waals surface area contributed by atoms with Crippen molar-refractivity contribution in [2.45, 2.75) is 12.5 Å². The van der Waals surface area contributed by atoms with Crippen LogP contribution >= 0.6 is 0 Å². The SMILES string of the molecule is [CH2]C[C@H](O)c1ccccc1. The van der Waals surface area contributed by atoms with Gasteiger partial charge in [-0.3, -0.25) is 0 Å². The van der Waals surface area contributed by atoms with Gasteiger partial charge in [-0.25, -0.2) is 0 Å². The van der Waals surface area contributed by atoms with Crippen LogP contribution in [0.15, 0.2) is 30.3 Å². The zero-order chi connectivity index (χ0) is 7.40. The fourth-order valence-corrected chi connectivity index (χ4v) is 0.842. The number of hydrogen-bond donors (Lipinski definition) is 1. The number of aliphatic hydroxyl groups excluding tert-OH is 1. The van der Waals surface area contributed by atoms with Crippen LogP contribution in [-0.4, -0.2) is 5.11 Å². The topological polar surface area (TPSA) is 20.2 Å². The van der Waals surface area contributed by atoms with Crippen LogP contribution in [-0.2, 0) is 0 Å². The van der Waals surface area contributed by atoms with Crippen molar-refractivity contribution in [2.75, 3.05) is 0 Å². The van der Waals surface area contributed by atoms with Crippen molar-refractivity contribution in [3.63, 3.8) is 0 Å². The van der Waals surface area contributed by atoms with Crippen LogP contribution in [0.3, 0.4) is 0 Å². The third kappa shape index (κ3) is 1.58. The second kappa shape index (κ2) is 3.37. The molecular weight excluding hydrogens is 124 g/mol. The van der Waals surface area contributed by atoms with Crippen molar-refractivity contribution in [3.05, 3.63) is 42.8 Å². The lowest BCUT2D eigenvalue weighted by Gasteiger charge is -2.05. The number of hydrogen-bond acceptors (Lipinski definition) is 1. The van der Waals surface area contributed by atoms with Gasteiger partial charge in [-0.2, -0.15) is 0 Å². The van der Waals surface area contributed by atoms with Gasteiger partial charge in [0, 0.05) is 0 Å². The Morgan fingerprint density at radius 2 is 1.90 bits per heavy atom. The molecule has 0 heterocycles. The van der Waals surface area contributed by atoms with E-state index in [4.69, 9.17) is 0 Å². The molecule has 1 atom stereocenters. The van der Waals surface area contributed by atoms with Gasteiger partial charge in [0.15, 0.2) is 0 Å². The maximum atomic E-state index is 9.27. The summed E-state index contributed by atoms with van der Waals surface area (Å²) in [5.41, 5.74) is 0.942. The van der Waals surface area contributed by atoms with Crippen LogP contribution in [0.5, 0.6) is 0 Å². The molecule has 0 aliphatic rings. The van der Waals surface area contributed by atoms with E-state index in [1.807, 2.05) is 30.3 Å². The monoisotopic (exact) mass is 135 g/mol. The highest BCUT2D eigenvalue weighted by Crippen LogP contribution is 2.13. The Hall–Kier alpha value is -0.820. The molecule has 1 heteroatoms. The largest absolute Gasteiger partial charge is 0.388 e. The highest BCUT2D eigenvalue weighted by Gasteiger charge is 2.00. The van der Waals surface area contributed by atoms with E-state index < -0.39 is 6.10 Å². The van der Waals surface area contributed by atoms with Crippen LogP contribution < -0.4 is 0 Å². The Kier molecular flexibility index (Phi) is 2.46. The summed E-state index contributed by atoms with van der Waals surface area (Å²) in [6.45, 7) is 3.61. The van der Waals surface area contributed by atoms with Crippen LogP contribution in [0.1, 0.15) is 18.1 Å². The molecular formula is C9H11O. The smallest absolute Gasteiger partial charge is 0.0790 e. The maximum Gasteiger partial charge on any atom is 0.0790 e. The molecule has 0 saturated heterocycles. The van der Waals surface area contributed by atoms with Crippen LogP contribution in [0.25, 0.3) is 0 Å². The van der Waals surface area contributed by atoms with Crippen molar-refractivity contribution in [3.8, 4) is 0 Å². The van der Waals surface area contributed by atoms with E-state index in [0.717, 1.165) is 5.56 Å². The zero-order valence-electron chi connectivity index (χ0n) is 5.83. The van der Waals surface area contributed by atoms with Gasteiger partial charge in [0.05, 0.1) is 6.10 Å². The molecule has 1 N–H and O–H groups in total. The molecule has 1 aromatic rings. The summed E-state index contributed by atoms with van der Waals surface area (Å²) in [7, 11) is 0. The summed E-state index contributed by atoms with van der Waals surface area (Å²) in [5.74, 6) is 0. The Morgan fingerprint density at radius 3 is 2.40 bits per heavy atom. The lowest BCUT2D eigenvalue weighted by molar-refractivity contribution is 0.181. The fraction of sp³-hybridized carbons (Fsp3) is 0.222. The molecule has 0 fully saturated rings. The minimum absolute atomic E-state index is 0.402. The standard InChI is InChI=1S/C9H11O/c1-2-9(10)8-6-4-3-5-7-8/h3-7,9-10H,1-2H2/t9-/m0/s1. The molecule has 0 amide bonds. The predicted molar refractivity (Wildman–Crippen MR) is 41.4 cm³/mol. The van der Waals surface area contributed by atoms with Crippen LogP contribution in [0.2, 0.25) is 0 Å². The van der Waals surface area contributed by atoms with Crippen molar-refractivity contribution in [1.29, 1.82) is 0 Å². The van der Waals surface area contributed by atoms with E-state index >= 15 is 0 Å². The molecule has 1 aromatic carbocycles. The van der Waals surface area contributed by atoms with Gasteiger partial charge in [0.1, 0.15) is 0 Å². The van der Waals surface area contributed by atoms with Crippen molar-refractivity contribution < 1.29 is 5.11 Å². The summed E-state index contributed by atoms with van der Waals surface area (Å²) in [6, 6.07) is 9.55. The lowest BCUT2D eigenvalue weighted by atomic mass is 10.1. The van der Waals surface area contributed by atoms with E-state index in [-0.39, 0.29) is 0 Å². The molecule has 0 saturated carbocycles. The Bertz CT molecular complexity index is 181. The van der Waals surface area contributed by atoms with Gasteiger partial charge in [0.25, 0.3) is 0 Å². The molecule has 10 heavy (non-hydrogen) atoms. The van der Waals surface area contributed by atoms with Gasteiger partial charge in [0.2, 0.25) is 0 Å². The quantitative estimate of drug-likeness (QED) is 0.657. The van der Waals surface area contributed by atoms with Gasteiger partial charge in [-0.1, -0.05) is 37.3 Å². The first-order valence-electron chi connectivity index (χ1n) is 3.37. The molecule has 0 unspecified atom stereocenters. The third-order valence-electron chi connectivity index (χ3n) is 1.46. The fourth-order valence-electron chi connectivity index (χ4n) is 0.842. The first-order chi connectivity index (χ1) is 4.84. The van der Waals surface area contributed by atoms with Crippen LogP contribution in [0.4, 0.5) is 0 Å². The summed E-state index contributed by atoms with van der Waals surface area (Å²) in [5, 5.41) is 9.27. The van der Waals surface area contributed by atoms with Crippen molar-refractivity contribution in [1.82, 2.24) is 0 Å². The van der Waals surface area contributed by atoms with E-state index in [1.165, 1.54) is 0 Å². The Morgan fingerprint density at radius 1 is 1.30 bits per heavy atom. The highest BCUT2D eigenvalue weighted by atomic mass is 16.3. The average Bonchev–Trinajstić information content (AvgIpc) is 2.05. The summed E-state index contributed by atoms with van der Waals surface area (Å²) < 4.78 is 0. The average molecular weight is 135 g/mol. The Balaban J connectivity index is 2.75. The first kappa shape index (κ1) is 7.29. The molecule has 0 aromatic heterocycles. The van der Waals surface area contributed by atoms with Crippen molar-refractivity contribution in [2.24, 2.45) is 0 Å². The minimum atomic E-state index is -0.402. The molecule has 1 nitrogen and oxygen atoms in total. The normalized spacial score (nSPS) is 13.0. The molecule has 0 aliphatic carbocycles. The Labute approximate surface area is 61.3 Å². The summed E-state index contributed by atoms with van der Waals surface area (Å²) in [6.07, 6.45) is 0.130. The third-order valence-corrected chi connectivity index (χ3v) is 1.46. The van der Waals surface area contributed by atoms with E-state index in [1.54, 1.807) is 0 Å². The predicted octanol–water partition coefficient (Wildman–Crippen LogP) is 1.94. The van der Waals surface area contributed by atoms with Crippen molar-refractivity contribution >= 4 is 0 Å². The second-order valence-corrected chi connectivity index (χ2v) is 2.22. The number of aliphatic hydroxyl groups is 1. The van der Waals surface area contributed by atoms with Gasteiger partial charge in [-0.15, -0.1) is 0 Å². The first-order valence-corrected chi connectivity index (χ1v) is 3.37. The van der Waals surface area contributed by atoms with E-state index in [2.05, 4.69) is 6.92 Å². The zero-order valence-corrected chi connectivity index (χ0v) is 5.83. The number of benzene rings is 1. The molecule has 53 valence electrons. The molecule has 0 spiro atoms. The van der Waals surface area contributed by atoms with Gasteiger partial charge >= 0.3 is 0 Å². The molecule has 0 bridgehead atoms. The summed E-state index contributed by atoms with van der Waals surface area (Å²) in [4.78, 5) is 0. The van der Waals surface area contributed by atoms with Gasteiger partial charge in [-0.05, 0) is 12.0 Å². The molecule has 1 radical (unpaired) electrons. The second-order valence-electron chi connectivity index (χ2n) is 2.22. The minimum Gasteiger partial charge on any atom is -0.388 e.